The van der Waals surface area contributed by atoms with Crippen molar-refractivity contribution in [3.8, 4) is 5.75 Å². The summed E-state index contributed by atoms with van der Waals surface area (Å²) in [6.45, 7) is 3.14. The first-order valence-corrected chi connectivity index (χ1v) is 9.74. The number of ether oxygens (including phenoxy) is 1. The smallest absolute Gasteiger partial charge is 0.251 e. The first-order chi connectivity index (χ1) is 14.1. The highest BCUT2D eigenvalue weighted by molar-refractivity contribution is 14.0. The molecule has 1 atom stereocenters. The topological polar surface area (TPSA) is 74.8 Å². The molecule has 0 spiro atoms. The van der Waals surface area contributed by atoms with E-state index in [4.69, 9.17) is 4.74 Å². The van der Waals surface area contributed by atoms with Crippen molar-refractivity contribution in [1.82, 2.24) is 16.0 Å². The van der Waals surface area contributed by atoms with Crippen molar-refractivity contribution < 1.29 is 13.9 Å². The predicted molar refractivity (Wildman–Crippen MR) is 129 cm³/mol. The lowest BCUT2D eigenvalue weighted by Crippen LogP contribution is -2.43. The zero-order valence-corrected chi connectivity index (χ0v) is 19.9. The van der Waals surface area contributed by atoms with Gasteiger partial charge in [0.2, 0.25) is 0 Å². The predicted octanol–water partition coefficient (Wildman–Crippen LogP) is 3.37. The molecule has 0 saturated carbocycles. The lowest BCUT2D eigenvalue weighted by molar-refractivity contribution is 0.0963. The monoisotopic (exact) mass is 528 g/mol. The van der Waals surface area contributed by atoms with Gasteiger partial charge in [0.25, 0.3) is 5.91 Å². The van der Waals surface area contributed by atoms with Crippen molar-refractivity contribution in [3.63, 3.8) is 0 Å². The lowest BCUT2D eigenvalue weighted by atomic mass is 10.1. The summed E-state index contributed by atoms with van der Waals surface area (Å²) in [6, 6.07) is 13.9. The number of nitrogens with one attached hydrogen (secondary N) is 3. The molecule has 0 bridgehead atoms. The molecule has 6 nitrogen and oxygen atoms in total. The minimum Gasteiger partial charge on any atom is -0.486 e. The summed E-state index contributed by atoms with van der Waals surface area (Å²) in [7, 11) is 3.31. The molecule has 0 radical (unpaired) electrons. The van der Waals surface area contributed by atoms with Gasteiger partial charge in [-0.05, 0) is 42.7 Å². The van der Waals surface area contributed by atoms with E-state index < -0.39 is 0 Å². The standard InChI is InChI=1S/C22H29FN4O2.HI/c1-4-18(29-20-11-6-5-10-19(20)23)15-27-22(25-3)26-13-12-16-8-7-9-17(14-16)21(28)24-2;/h5-11,14,18H,4,12-13,15H2,1-3H3,(H,24,28)(H2,25,26,27);1H. The fraction of sp³-hybridized carbons (Fsp3) is 0.364. The molecule has 0 aromatic heterocycles. The van der Waals surface area contributed by atoms with Crippen molar-refractivity contribution in [2.75, 3.05) is 27.2 Å². The molecule has 0 aliphatic heterocycles. The number of carbonyl (C=O) groups excluding carboxylic acids is 1. The van der Waals surface area contributed by atoms with Crippen LogP contribution in [0.3, 0.4) is 0 Å². The van der Waals surface area contributed by atoms with Crippen molar-refractivity contribution in [1.29, 1.82) is 0 Å². The average Bonchev–Trinajstić information content (AvgIpc) is 2.76. The number of rotatable bonds is 9. The van der Waals surface area contributed by atoms with Crippen molar-refractivity contribution in [2.45, 2.75) is 25.9 Å². The Kier molecular flexibility index (Phi) is 11.8. The summed E-state index contributed by atoms with van der Waals surface area (Å²) in [4.78, 5) is 15.9. The first kappa shape index (κ1) is 25.7. The lowest BCUT2D eigenvalue weighted by Gasteiger charge is -2.20. The third-order valence-electron chi connectivity index (χ3n) is 4.43. The molecule has 2 aromatic rings. The van der Waals surface area contributed by atoms with Crippen molar-refractivity contribution in [3.05, 3.63) is 65.5 Å². The van der Waals surface area contributed by atoms with E-state index in [-0.39, 0.29) is 47.6 Å². The van der Waals surface area contributed by atoms with E-state index in [0.717, 1.165) is 18.4 Å². The molecule has 0 saturated heterocycles. The molecule has 2 aromatic carbocycles. The number of hydrogen-bond donors (Lipinski definition) is 3. The summed E-state index contributed by atoms with van der Waals surface area (Å²) in [5.74, 6) is 0.424. The van der Waals surface area contributed by atoms with Gasteiger partial charge >= 0.3 is 0 Å². The van der Waals surface area contributed by atoms with Crippen LogP contribution in [-0.2, 0) is 6.42 Å². The minimum absolute atomic E-state index is 0. The van der Waals surface area contributed by atoms with E-state index in [1.54, 1.807) is 38.4 Å². The Morgan fingerprint density at radius 2 is 1.93 bits per heavy atom. The Labute approximate surface area is 194 Å². The van der Waals surface area contributed by atoms with Gasteiger partial charge in [0.1, 0.15) is 6.10 Å². The van der Waals surface area contributed by atoms with E-state index in [1.807, 2.05) is 25.1 Å². The van der Waals surface area contributed by atoms with Gasteiger partial charge in [-0.2, -0.15) is 0 Å². The number of aliphatic imine (C=N–C) groups is 1. The largest absolute Gasteiger partial charge is 0.486 e. The Balaban J connectivity index is 0.00000450. The first-order valence-electron chi connectivity index (χ1n) is 9.74. The number of nitrogens with zero attached hydrogens (tertiary/aromatic N) is 1. The molecule has 164 valence electrons. The van der Waals surface area contributed by atoms with Gasteiger partial charge in [-0.15, -0.1) is 24.0 Å². The van der Waals surface area contributed by atoms with Gasteiger partial charge < -0.3 is 20.7 Å². The summed E-state index contributed by atoms with van der Waals surface area (Å²) >= 11 is 0. The summed E-state index contributed by atoms with van der Waals surface area (Å²) in [5.41, 5.74) is 1.70. The quantitative estimate of drug-likeness (QED) is 0.265. The molecule has 0 aliphatic carbocycles. The highest BCUT2D eigenvalue weighted by atomic mass is 127. The molecule has 1 amide bonds. The van der Waals surface area contributed by atoms with Crippen molar-refractivity contribution in [2.24, 2.45) is 4.99 Å². The maximum Gasteiger partial charge on any atom is 0.251 e. The second-order valence-electron chi connectivity index (χ2n) is 6.49. The Hall–Kier alpha value is -2.36. The third kappa shape index (κ3) is 8.17. The van der Waals surface area contributed by atoms with Crippen LogP contribution in [0.1, 0.15) is 29.3 Å². The number of guanidine groups is 1. The van der Waals surface area contributed by atoms with Gasteiger partial charge in [-0.25, -0.2) is 4.39 Å². The van der Waals surface area contributed by atoms with Crippen molar-refractivity contribution >= 4 is 35.8 Å². The van der Waals surface area contributed by atoms with E-state index >= 15 is 0 Å². The maximum absolute atomic E-state index is 13.8. The minimum atomic E-state index is -0.368. The van der Waals surface area contributed by atoms with Crippen LogP contribution in [0, 0.1) is 5.82 Å². The van der Waals surface area contributed by atoms with Crippen LogP contribution >= 0.6 is 24.0 Å². The zero-order chi connectivity index (χ0) is 21.1. The van der Waals surface area contributed by atoms with Gasteiger partial charge in [0.15, 0.2) is 17.5 Å². The molecule has 8 heteroatoms. The third-order valence-corrected chi connectivity index (χ3v) is 4.43. The fourth-order valence-electron chi connectivity index (χ4n) is 2.76. The molecule has 30 heavy (non-hydrogen) atoms. The highest BCUT2D eigenvalue weighted by Gasteiger charge is 2.12. The summed E-state index contributed by atoms with van der Waals surface area (Å²) in [5, 5.41) is 9.08. The Morgan fingerprint density at radius 3 is 2.60 bits per heavy atom. The number of halogens is 2. The molecule has 0 heterocycles. The highest BCUT2D eigenvalue weighted by Crippen LogP contribution is 2.17. The number of carbonyl (C=O) groups is 1. The summed E-state index contributed by atoms with van der Waals surface area (Å²) < 4.78 is 19.5. The average molecular weight is 528 g/mol. The van der Waals surface area contributed by atoms with E-state index in [2.05, 4.69) is 20.9 Å². The van der Waals surface area contributed by atoms with Crippen LogP contribution in [-0.4, -0.2) is 45.2 Å². The normalized spacial score (nSPS) is 11.8. The second kappa shape index (κ2) is 13.8. The van der Waals surface area contributed by atoms with Crippen LogP contribution in [0.4, 0.5) is 4.39 Å². The number of para-hydroxylation sites is 1. The molecule has 3 N–H and O–H groups in total. The van der Waals surface area contributed by atoms with E-state index in [1.165, 1.54) is 6.07 Å². The summed E-state index contributed by atoms with van der Waals surface area (Å²) in [6.07, 6.45) is 1.29. The van der Waals surface area contributed by atoms with Crippen LogP contribution in [0.15, 0.2) is 53.5 Å². The van der Waals surface area contributed by atoms with Crippen LogP contribution in [0.5, 0.6) is 5.75 Å². The fourth-order valence-corrected chi connectivity index (χ4v) is 2.76. The van der Waals surface area contributed by atoms with Gasteiger partial charge in [0, 0.05) is 26.2 Å². The van der Waals surface area contributed by atoms with Gasteiger partial charge in [0.05, 0.1) is 6.54 Å². The molecular formula is C22H30FIN4O2. The molecule has 0 fully saturated rings. The van der Waals surface area contributed by atoms with E-state index in [0.29, 0.717) is 24.6 Å². The van der Waals surface area contributed by atoms with Crippen LogP contribution < -0.4 is 20.7 Å². The molecular weight excluding hydrogens is 498 g/mol. The van der Waals surface area contributed by atoms with Gasteiger partial charge in [-0.3, -0.25) is 9.79 Å². The van der Waals surface area contributed by atoms with Gasteiger partial charge in [-0.1, -0.05) is 31.2 Å². The molecule has 2 rings (SSSR count). The number of hydrogen-bond acceptors (Lipinski definition) is 3. The molecule has 1 unspecified atom stereocenters. The SMILES string of the molecule is CCC(CNC(=NC)NCCc1cccc(C(=O)NC)c1)Oc1ccccc1F.I. The number of amides is 1. The Bertz CT molecular complexity index is 832. The zero-order valence-electron chi connectivity index (χ0n) is 17.6. The molecule has 0 aliphatic rings. The van der Waals surface area contributed by atoms with Crippen LogP contribution in [0.2, 0.25) is 0 Å². The van der Waals surface area contributed by atoms with E-state index in [9.17, 15) is 9.18 Å². The maximum atomic E-state index is 13.8. The number of benzene rings is 2. The van der Waals surface area contributed by atoms with Crippen LogP contribution in [0.25, 0.3) is 0 Å². The Morgan fingerprint density at radius 1 is 1.17 bits per heavy atom. The second-order valence-corrected chi connectivity index (χ2v) is 6.49.